The van der Waals surface area contributed by atoms with Crippen molar-refractivity contribution in [1.29, 1.82) is 0 Å². The van der Waals surface area contributed by atoms with E-state index in [9.17, 15) is 9.59 Å². The Morgan fingerprint density at radius 1 is 1.42 bits per heavy atom. The number of urea groups is 1. The van der Waals surface area contributed by atoms with Crippen LogP contribution in [0.3, 0.4) is 0 Å². The molecule has 0 saturated carbocycles. The summed E-state index contributed by atoms with van der Waals surface area (Å²) in [7, 11) is 0. The summed E-state index contributed by atoms with van der Waals surface area (Å²) in [4.78, 5) is 26.5. The third-order valence-corrected chi connectivity index (χ3v) is 2.72. The normalized spacial score (nSPS) is 11.7. The molecular formula is C13H19N3O3. The van der Waals surface area contributed by atoms with Crippen LogP contribution in [0.5, 0.6) is 0 Å². The van der Waals surface area contributed by atoms with Gasteiger partial charge in [0.15, 0.2) is 5.69 Å². The third kappa shape index (κ3) is 4.57. The van der Waals surface area contributed by atoms with Crippen LogP contribution in [0, 0.1) is 0 Å². The molecule has 1 aromatic heterocycles. The van der Waals surface area contributed by atoms with Gasteiger partial charge in [-0.25, -0.2) is 14.6 Å². The summed E-state index contributed by atoms with van der Waals surface area (Å²) < 4.78 is 0. The monoisotopic (exact) mass is 265 g/mol. The van der Waals surface area contributed by atoms with E-state index in [0.717, 1.165) is 19.3 Å². The van der Waals surface area contributed by atoms with E-state index in [2.05, 4.69) is 15.6 Å². The largest absolute Gasteiger partial charge is 0.476 e. The van der Waals surface area contributed by atoms with E-state index in [-0.39, 0.29) is 17.4 Å². The molecule has 3 N–H and O–H groups in total. The van der Waals surface area contributed by atoms with Crippen molar-refractivity contribution in [2.45, 2.75) is 39.2 Å². The quantitative estimate of drug-likeness (QED) is 0.736. The number of carboxylic acids is 1. The number of aromatic carboxylic acids is 1. The van der Waals surface area contributed by atoms with Gasteiger partial charge in [-0.3, -0.25) is 0 Å². The van der Waals surface area contributed by atoms with Crippen LogP contribution < -0.4 is 10.6 Å². The number of hydrogen-bond donors (Lipinski definition) is 3. The van der Waals surface area contributed by atoms with Crippen molar-refractivity contribution in [3.05, 3.63) is 24.0 Å². The van der Waals surface area contributed by atoms with Crippen LogP contribution in [0.4, 0.5) is 10.5 Å². The molecule has 104 valence electrons. The minimum Gasteiger partial charge on any atom is -0.476 e. The Morgan fingerprint density at radius 2 is 2.16 bits per heavy atom. The summed E-state index contributed by atoms with van der Waals surface area (Å²) in [6.45, 7) is 4.04. The lowest BCUT2D eigenvalue weighted by Crippen LogP contribution is -2.37. The number of amides is 2. The number of pyridine rings is 1. The van der Waals surface area contributed by atoms with E-state index in [1.165, 1.54) is 12.3 Å². The standard InChI is InChI=1S/C13H19N3O3/c1-3-6-9(4-2)15-13(19)16-10-7-5-8-14-11(10)12(17)18/h5,7-9H,3-4,6H2,1-2H3,(H,17,18)(H2,15,16,19). The van der Waals surface area contributed by atoms with Crippen LogP contribution >= 0.6 is 0 Å². The van der Waals surface area contributed by atoms with Gasteiger partial charge >= 0.3 is 12.0 Å². The zero-order valence-corrected chi connectivity index (χ0v) is 11.1. The molecule has 1 atom stereocenters. The summed E-state index contributed by atoms with van der Waals surface area (Å²) in [5.41, 5.74) is 0.0278. The Hall–Kier alpha value is -2.11. The molecule has 0 aromatic carbocycles. The van der Waals surface area contributed by atoms with Gasteiger partial charge in [-0.2, -0.15) is 0 Å². The molecular weight excluding hydrogens is 246 g/mol. The molecule has 0 saturated heterocycles. The molecule has 2 amide bonds. The molecule has 19 heavy (non-hydrogen) atoms. The highest BCUT2D eigenvalue weighted by Crippen LogP contribution is 2.12. The molecule has 0 aliphatic carbocycles. The maximum absolute atomic E-state index is 11.8. The fraction of sp³-hybridized carbons (Fsp3) is 0.462. The van der Waals surface area contributed by atoms with Gasteiger partial charge in [0.2, 0.25) is 0 Å². The van der Waals surface area contributed by atoms with Crippen LogP contribution in [0.25, 0.3) is 0 Å². The second kappa shape index (κ2) is 7.35. The van der Waals surface area contributed by atoms with Gasteiger partial charge in [0.05, 0.1) is 5.69 Å². The molecule has 0 fully saturated rings. The van der Waals surface area contributed by atoms with Crippen LogP contribution in [0.15, 0.2) is 18.3 Å². The van der Waals surface area contributed by atoms with Crippen molar-refractivity contribution < 1.29 is 14.7 Å². The highest BCUT2D eigenvalue weighted by atomic mass is 16.4. The highest BCUT2D eigenvalue weighted by molar-refractivity contribution is 5.98. The van der Waals surface area contributed by atoms with Crippen molar-refractivity contribution in [2.75, 3.05) is 5.32 Å². The number of carboxylic acid groups (broad SMARTS) is 1. The first-order valence-electron chi connectivity index (χ1n) is 6.34. The first-order valence-corrected chi connectivity index (χ1v) is 6.34. The topological polar surface area (TPSA) is 91.3 Å². The molecule has 0 spiro atoms. The third-order valence-electron chi connectivity index (χ3n) is 2.72. The van der Waals surface area contributed by atoms with Crippen LogP contribution in [-0.4, -0.2) is 28.1 Å². The molecule has 0 aliphatic rings. The predicted octanol–water partition coefficient (Wildman–Crippen LogP) is 2.48. The van der Waals surface area contributed by atoms with Crippen molar-refractivity contribution in [3.63, 3.8) is 0 Å². The summed E-state index contributed by atoms with van der Waals surface area (Å²) in [6.07, 6.45) is 4.08. The maximum Gasteiger partial charge on any atom is 0.356 e. The summed E-state index contributed by atoms with van der Waals surface area (Å²) in [5, 5.41) is 14.3. The summed E-state index contributed by atoms with van der Waals surface area (Å²) >= 11 is 0. The lowest BCUT2D eigenvalue weighted by atomic mass is 10.1. The second-order valence-corrected chi connectivity index (χ2v) is 4.20. The molecule has 0 bridgehead atoms. The zero-order chi connectivity index (χ0) is 14.3. The molecule has 0 radical (unpaired) electrons. The Balaban J connectivity index is 2.69. The summed E-state index contributed by atoms with van der Waals surface area (Å²) in [5.74, 6) is -1.17. The molecule has 1 heterocycles. The van der Waals surface area contributed by atoms with Crippen molar-refractivity contribution >= 4 is 17.7 Å². The molecule has 1 aromatic rings. The van der Waals surface area contributed by atoms with Gasteiger partial charge in [0.1, 0.15) is 0 Å². The van der Waals surface area contributed by atoms with Gasteiger partial charge in [-0.15, -0.1) is 0 Å². The van der Waals surface area contributed by atoms with Crippen molar-refractivity contribution in [1.82, 2.24) is 10.3 Å². The minimum atomic E-state index is -1.17. The fourth-order valence-corrected chi connectivity index (χ4v) is 1.75. The number of carbonyl (C=O) groups excluding carboxylic acids is 1. The molecule has 6 nitrogen and oxygen atoms in total. The number of rotatable bonds is 6. The number of carbonyl (C=O) groups is 2. The average molecular weight is 265 g/mol. The smallest absolute Gasteiger partial charge is 0.356 e. The van der Waals surface area contributed by atoms with Gasteiger partial charge in [0, 0.05) is 12.2 Å². The fourth-order valence-electron chi connectivity index (χ4n) is 1.75. The van der Waals surface area contributed by atoms with E-state index in [4.69, 9.17) is 5.11 Å². The van der Waals surface area contributed by atoms with Gasteiger partial charge in [0.25, 0.3) is 0 Å². The van der Waals surface area contributed by atoms with Gasteiger partial charge < -0.3 is 15.7 Å². The zero-order valence-electron chi connectivity index (χ0n) is 11.1. The van der Waals surface area contributed by atoms with E-state index in [1.807, 2.05) is 13.8 Å². The SMILES string of the molecule is CCCC(CC)NC(=O)Nc1cccnc1C(=O)O. The van der Waals surface area contributed by atoms with Crippen molar-refractivity contribution in [2.24, 2.45) is 0 Å². The van der Waals surface area contributed by atoms with E-state index in [1.54, 1.807) is 6.07 Å². The molecule has 1 unspecified atom stereocenters. The second-order valence-electron chi connectivity index (χ2n) is 4.20. The lowest BCUT2D eigenvalue weighted by molar-refractivity contribution is 0.0692. The molecule has 0 aliphatic heterocycles. The molecule has 1 rings (SSSR count). The number of hydrogen-bond acceptors (Lipinski definition) is 3. The summed E-state index contributed by atoms with van der Waals surface area (Å²) in [6, 6.07) is 2.77. The number of anilines is 1. The highest BCUT2D eigenvalue weighted by Gasteiger charge is 2.14. The van der Waals surface area contributed by atoms with E-state index < -0.39 is 12.0 Å². The van der Waals surface area contributed by atoms with Gasteiger partial charge in [-0.05, 0) is 25.0 Å². The Labute approximate surface area is 112 Å². The lowest BCUT2D eigenvalue weighted by Gasteiger charge is -2.16. The van der Waals surface area contributed by atoms with Crippen LogP contribution in [0.2, 0.25) is 0 Å². The minimum absolute atomic E-state index is 0.0925. The van der Waals surface area contributed by atoms with E-state index >= 15 is 0 Å². The first kappa shape index (κ1) is 14.9. The maximum atomic E-state index is 11.8. The van der Waals surface area contributed by atoms with Crippen LogP contribution in [-0.2, 0) is 0 Å². The number of nitrogens with zero attached hydrogens (tertiary/aromatic N) is 1. The number of aromatic nitrogens is 1. The van der Waals surface area contributed by atoms with Crippen molar-refractivity contribution in [3.8, 4) is 0 Å². The first-order chi connectivity index (χ1) is 9.08. The van der Waals surface area contributed by atoms with Crippen LogP contribution in [0.1, 0.15) is 43.6 Å². The predicted molar refractivity (Wildman–Crippen MR) is 72.3 cm³/mol. The Bertz CT molecular complexity index is 449. The average Bonchev–Trinajstić information content (AvgIpc) is 2.38. The van der Waals surface area contributed by atoms with Gasteiger partial charge in [-0.1, -0.05) is 20.3 Å². The molecule has 6 heteroatoms. The van der Waals surface area contributed by atoms with E-state index in [0.29, 0.717) is 0 Å². The Kier molecular flexibility index (Phi) is 5.78. The Morgan fingerprint density at radius 3 is 2.74 bits per heavy atom. The number of nitrogens with one attached hydrogen (secondary N) is 2.